The van der Waals surface area contributed by atoms with Gasteiger partial charge in [-0.25, -0.2) is 0 Å². The summed E-state index contributed by atoms with van der Waals surface area (Å²) >= 11 is 0. The first kappa shape index (κ1) is 13.9. The average Bonchev–Trinajstić information content (AvgIpc) is 2.02. The topological polar surface area (TPSA) is 74.6 Å². The smallest absolute Gasteiger partial charge is 0.311 e. The van der Waals surface area contributed by atoms with Crippen LogP contribution in [0.4, 0.5) is 0 Å². The molecule has 0 aliphatic heterocycles. The molecule has 0 rings (SSSR count). The molecule has 0 spiro atoms. The first-order valence-electron chi connectivity index (χ1n) is 5.15. The molecule has 0 radical (unpaired) electrons. The van der Waals surface area contributed by atoms with Crippen molar-refractivity contribution in [3.8, 4) is 0 Å². The van der Waals surface area contributed by atoms with Crippen LogP contribution in [0.3, 0.4) is 0 Å². The number of aliphatic carboxylic acids is 2. The fourth-order valence-electron chi connectivity index (χ4n) is 2.55. The van der Waals surface area contributed by atoms with E-state index < -0.39 is 23.3 Å². The Balaban J connectivity index is 5.52. The molecule has 2 N–H and O–H groups in total. The monoisotopic (exact) mass is 216 g/mol. The van der Waals surface area contributed by atoms with Crippen LogP contribution in [-0.4, -0.2) is 22.2 Å². The van der Waals surface area contributed by atoms with Crippen molar-refractivity contribution in [1.82, 2.24) is 0 Å². The van der Waals surface area contributed by atoms with Crippen molar-refractivity contribution in [2.45, 2.75) is 34.6 Å². The van der Waals surface area contributed by atoms with Gasteiger partial charge >= 0.3 is 11.9 Å². The van der Waals surface area contributed by atoms with E-state index in [4.69, 9.17) is 5.11 Å². The average molecular weight is 216 g/mol. The number of hydrogen-bond donors (Lipinski definition) is 2. The highest BCUT2D eigenvalue weighted by atomic mass is 16.4. The summed E-state index contributed by atoms with van der Waals surface area (Å²) in [5.41, 5.74) is -1.20. The second kappa shape index (κ2) is 4.64. The minimum Gasteiger partial charge on any atom is -0.481 e. The molecule has 0 saturated heterocycles. The SMILES string of the molecule is CC(C)C(C(=O)O)(C(C)C)C(C)C(=O)O. The summed E-state index contributed by atoms with van der Waals surface area (Å²) in [6, 6.07) is 0. The molecule has 4 heteroatoms. The predicted octanol–water partition coefficient (Wildman–Crippen LogP) is 2.09. The van der Waals surface area contributed by atoms with Gasteiger partial charge in [0, 0.05) is 0 Å². The highest BCUT2D eigenvalue weighted by Gasteiger charge is 2.51. The number of carboxylic acids is 2. The van der Waals surface area contributed by atoms with Crippen molar-refractivity contribution >= 4 is 11.9 Å². The van der Waals surface area contributed by atoms with Gasteiger partial charge in [0.2, 0.25) is 0 Å². The van der Waals surface area contributed by atoms with Gasteiger partial charge < -0.3 is 10.2 Å². The standard InChI is InChI=1S/C11H20O4/c1-6(2)11(7(3)4,10(14)15)8(5)9(12)13/h6-8H,1-5H3,(H,12,13)(H,14,15). The molecule has 0 aromatic rings. The maximum absolute atomic E-state index is 11.4. The Morgan fingerprint density at radius 2 is 1.27 bits per heavy atom. The molecule has 0 amide bonds. The molecule has 15 heavy (non-hydrogen) atoms. The largest absolute Gasteiger partial charge is 0.481 e. The lowest BCUT2D eigenvalue weighted by Gasteiger charge is -2.40. The van der Waals surface area contributed by atoms with Crippen LogP contribution < -0.4 is 0 Å². The molecule has 0 aromatic carbocycles. The Morgan fingerprint density at radius 1 is 0.933 bits per heavy atom. The number of carbonyl (C=O) groups is 2. The molecule has 1 atom stereocenters. The van der Waals surface area contributed by atoms with Crippen molar-refractivity contribution in [2.75, 3.05) is 0 Å². The number of hydrogen-bond acceptors (Lipinski definition) is 2. The second-order valence-corrected chi connectivity index (χ2v) is 4.61. The lowest BCUT2D eigenvalue weighted by Crippen LogP contribution is -2.49. The summed E-state index contributed by atoms with van der Waals surface area (Å²) in [6.07, 6.45) is 0. The zero-order valence-electron chi connectivity index (χ0n) is 9.94. The van der Waals surface area contributed by atoms with Crippen molar-refractivity contribution < 1.29 is 19.8 Å². The van der Waals surface area contributed by atoms with Gasteiger partial charge in [-0.3, -0.25) is 9.59 Å². The third-order valence-corrected chi connectivity index (χ3v) is 3.37. The van der Waals surface area contributed by atoms with Crippen LogP contribution in [0.2, 0.25) is 0 Å². The molecule has 0 aliphatic rings. The third-order valence-electron chi connectivity index (χ3n) is 3.37. The molecule has 88 valence electrons. The Hall–Kier alpha value is -1.06. The van der Waals surface area contributed by atoms with E-state index in [-0.39, 0.29) is 11.8 Å². The van der Waals surface area contributed by atoms with Crippen molar-refractivity contribution in [3.63, 3.8) is 0 Å². The van der Waals surface area contributed by atoms with Gasteiger partial charge in [-0.2, -0.15) is 0 Å². The summed E-state index contributed by atoms with van der Waals surface area (Å²) in [5, 5.41) is 18.3. The summed E-state index contributed by atoms with van der Waals surface area (Å²) in [5.74, 6) is -3.42. The maximum atomic E-state index is 11.4. The van der Waals surface area contributed by atoms with E-state index in [9.17, 15) is 14.7 Å². The van der Waals surface area contributed by atoms with Gasteiger partial charge in [-0.1, -0.05) is 34.6 Å². The first-order valence-corrected chi connectivity index (χ1v) is 5.15. The number of rotatable bonds is 5. The Kier molecular flexibility index (Phi) is 4.31. The summed E-state index contributed by atoms with van der Waals surface area (Å²) < 4.78 is 0. The van der Waals surface area contributed by atoms with Crippen LogP contribution in [0.25, 0.3) is 0 Å². The van der Waals surface area contributed by atoms with Crippen molar-refractivity contribution in [2.24, 2.45) is 23.2 Å². The molecule has 0 aliphatic carbocycles. The Labute approximate surface area is 90.3 Å². The second-order valence-electron chi connectivity index (χ2n) is 4.61. The first-order chi connectivity index (χ1) is 6.68. The van der Waals surface area contributed by atoms with E-state index >= 15 is 0 Å². The van der Waals surface area contributed by atoms with Crippen LogP contribution >= 0.6 is 0 Å². The van der Waals surface area contributed by atoms with Crippen LogP contribution in [0.15, 0.2) is 0 Å². The van der Waals surface area contributed by atoms with Gasteiger partial charge in [0.05, 0.1) is 11.3 Å². The zero-order valence-corrected chi connectivity index (χ0v) is 9.94. The molecular formula is C11H20O4. The van der Waals surface area contributed by atoms with Crippen molar-refractivity contribution in [3.05, 3.63) is 0 Å². The van der Waals surface area contributed by atoms with Gasteiger partial charge in [0.15, 0.2) is 0 Å². The fraction of sp³-hybridized carbons (Fsp3) is 0.818. The number of carboxylic acid groups (broad SMARTS) is 2. The molecule has 0 bridgehead atoms. The Bertz CT molecular complexity index is 247. The highest BCUT2D eigenvalue weighted by Crippen LogP contribution is 2.43. The van der Waals surface area contributed by atoms with E-state index in [1.807, 2.05) is 0 Å². The third kappa shape index (κ3) is 2.13. The van der Waals surface area contributed by atoms with Crippen LogP contribution in [0.1, 0.15) is 34.6 Å². The van der Waals surface area contributed by atoms with E-state index in [1.54, 1.807) is 27.7 Å². The van der Waals surface area contributed by atoms with E-state index in [1.165, 1.54) is 6.92 Å². The minimum atomic E-state index is -1.20. The summed E-state index contributed by atoms with van der Waals surface area (Å²) in [7, 11) is 0. The normalized spacial score (nSPS) is 14.3. The van der Waals surface area contributed by atoms with Gasteiger partial charge in [-0.15, -0.1) is 0 Å². The quantitative estimate of drug-likeness (QED) is 0.738. The van der Waals surface area contributed by atoms with Gasteiger partial charge in [0.25, 0.3) is 0 Å². The molecule has 0 aromatic heterocycles. The lowest BCUT2D eigenvalue weighted by atomic mass is 9.61. The summed E-state index contributed by atoms with van der Waals surface area (Å²) in [6.45, 7) is 8.50. The van der Waals surface area contributed by atoms with Crippen LogP contribution in [0, 0.1) is 23.2 Å². The fourth-order valence-corrected chi connectivity index (χ4v) is 2.55. The van der Waals surface area contributed by atoms with Crippen LogP contribution in [0.5, 0.6) is 0 Å². The molecular weight excluding hydrogens is 196 g/mol. The highest BCUT2D eigenvalue weighted by molar-refractivity contribution is 5.83. The van der Waals surface area contributed by atoms with E-state index in [2.05, 4.69) is 0 Å². The van der Waals surface area contributed by atoms with Gasteiger partial charge in [0.1, 0.15) is 0 Å². The Morgan fingerprint density at radius 3 is 1.33 bits per heavy atom. The van der Waals surface area contributed by atoms with Crippen LogP contribution in [-0.2, 0) is 9.59 Å². The predicted molar refractivity (Wildman–Crippen MR) is 56.5 cm³/mol. The molecule has 0 heterocycles. The lowest BCUT2D eigenvalue weighted by molar-refractivity contribution is -0.170. The van der Waals surface area contributed by atoms with E-state index in [0.717, 1.165) is 0 Å². The summed E-state index contributed by atoms with van der Waals surface area (Å²) in [4.78, 5) is 22.4. The van der Waals surface area contributed by atoms with E-state index in [0.29, 0.717) is 0 Å². The molecule has 4 nitrogen and oxygen atoms in total. The maximum Gasteiger partial charge on any atom is 0.311 e. The molecule has 0 saturated carbocycles. The minimum absolute atomic E-state index is 0.221. The molecule has 0 fully saturated rings. The zero-order chi connectivity index (χ0) is 12.4. The molecule has 1 unspecified atom stereocenters. The van der Waals surface area contributed by atoms with Crippen molar-refractivity contribution in [1.29, 1.82) is 0 Å². The van der Waals surface area contributed by atoms with Gasteiger partial charge in [-0.05, 0) is 11.8 Å².